The second kappa shape index (κ2) is 6.39. The molecule has 4 nitrogen and oxygen atoms in total. The summed E-state index contributed by atoms with van der Waals surface area (Å²) in [6.45, 7) is 5.82. The summed E-state index contributed by atoms with van der Waals surface area (Å²) in [5, 5.41) is 5.57. The minimum Gasteiger partial charge on any atom is -0.380 e. The summed E-state index contributed by atoms with van der Waals surface area (Å²) in [6, 6.07) is 4.28. The quantitative estimate of drug-likeness (QED) is 0.661. The summed E-state index contributed by atoms with van der Waals surface area (Å²) in [5.74, 6) is 0.963. The predicted octanol–water partition coefficient (Wildman–Crippen LogP) is 1.83. The molecule has 2 heterocycles. The van der Waals surface area contributed by atoms with Gasteiger partial charge in [0.05, 0.1) is 13.2 Å². The largest absolute Gasteiger partial charge is 0.380 e. The van der Waals surface area contributed by atoms with Crippen LogP contribution in [0.2, 0.25) is 0 Å². The van der Waals surface area contributed by atoms with Crippen molar-refractivity contribution in [2.75, 3.05) is 40.4 Å². The Morgan fingerprint density at radius 3 is 2.89 bits per heavy atom. The van der Waals surface area contributed by atoms with Gasteiger partial charge in [-0.2, -0.15) is 0 Å². The number of nitrogens with one attached hydrogen (secondary N) is 1. The van der Waals surface area contributed by atoms with Crippen LogP contribution in [0.3, 0.4) is 0 Å². The first-order valence-electron chi connectivity index (χ1n) is 6.65. The van der Waals surface area contributed by atoms with Crippen molar-refractivity contribution in [2.24, 2.45) is 10.4 Å². The average Bonchev–Trinajstić information content (AvgIpc) is 2.88. The van der Waals surface area contributed by atoms with Crippen molar-refractivity contribution < 1.29 is 4.74 Å². The summed E-state index contributed by atoms with van der Waals surface area (Å²) in [4.78, 5) is 7.94. The molecule has 0 unspecified atom stereocenters. The Labute approximate surface area is 119 Å². The molecule has 5 heteroatoms. The van der Waals surface area contributed by atoms with E-state index in [2.05, 4.69) is 46.7 Å². The van der Waals surface area contributed by atoms with Gasteiger partial charge in [0.15, 0.2) is 5.96 Å². The van der Waals surface area contributed by atoms with Crippen LogP contribution in [0, 0.1) is 5.41 Å². The monoisotopic (exact) mass is 281 g/mol. The Bertz CT molecular complexity index is 412. The average molecular weight is 281 g/mol. The van der Waals surface area contributed by atoms with Crippen LogP contribution in [0.15, 0.2) is 22.5 Å². The van der Waals surface area contributed by atoms with Gasteiger partial charge in [0.25, 0.3) is 0 Å². The molecule has 1 aromatic heterocycles. The second-order valence-electron chi connectivity index (χ2n) is 5.46. The van der Waals surface area contributed by atoms with Gasteiger partial charge in [-0.25, -0.2) is 0 Å². The van der Waals surface area contributed by atoms with E-state index in [0.717, 1.165) is 38.7 Å². The van der Waals surface area contributed by atoms with Crippen molar-refractivity contribution in [3.05, 3.63) is 22.4 Å². The number of rotatable bonds is 5. The molecule has 1 saturated heterocycles. The fourth-order valence-electron chi connectivity index (χ4n) is 2.07. The second-order valence-corrected chi connectivity index (χ2v) is 6.49. The molecule has 1 N–H and O–H groups in total. The molecule has 2 rings (SSSR count). The molecule has 0 atom stereocenters. The maximum absolute atomic E-state index is 5.27. The van der Waals surface area contributed by atoms with Crippen molar-refractivity contribution >= 4 is 17.3 Å². The van der Waals surface area contributed by atoms with E-state index in [1.807, 2.05) is 18.4 Å². The maximum atomic E-state index is 5.27. The van der Waals surface area contributed by atoms with Crippen LogP contribution in [0.1, 0.15) is 11.8 Å². The zero-order valence-corrected chi connectivity index (χ0v) is 12.8. The lowest BCUT2D eigenvalue weighted by molar-refractivity contribution is -0.0972. The number of thiophene rings is 1. The van der Waals surface area contributed by atoms with Crippen LogP contribution >= 0.6 is 11.3 Å². The number of aliphatic imine (C=N–C) groups is 1. The highest BCUT2D eigenvalue weighted by Crippen LogP contribution is 2.25. The highest BCUT2D eigenvalue weighted by molar-refractivity contribution is 7.09. The van der Waals surface area contributed by atoms with E-state index in [1.165, 1.54) is 4.88 Å². The van der Waals surface area contributed by atoms with Gasteiger partial charge in [-0.1, -0.05) is 13.0 Å². The minimum atomic E-state index is 0.268. The highest BCUT2D eigenvalue weighted by Gasteiger charge is 2.33. The van der Waals surface area contributed by atoms with Gasteiger partial charge in [-0.05, 0) is 17.9 Å². The van der Waals surface area contributed by atoms with Crippen LogP contribution in [0.5, 0.6) is 0 Å². The van der Waals surface area contributed by atoms with E-state index in [4.69, 9.17) is 4.74 Å². The summed E-state index contributed by atoms with van der Waals surface area (Å²) in [7, 11) is 3.92. The maximum Gasteiger partial charge on any atom is 0.193 e. The first-order valence-corrected chi connectivity index (χ1v) is 7.53. The topological polar surface area (TPSA) is 36.9 Å². The van der Waals surface area contributed by atoms with Gasteiger partial charge in [-0.15, -0.1) is 11.3 Å². The molecule has 0 spiro atoms. The van der Waals surface area contributed by atoms with Gasteiger partial charge < -0.3 is 15.0 Å². The van der Waals surface area contributed by atoms with Gasteiger partial charge in [0.2, 0.25) is 0 Å². The molecule has 1 fully saturated rings. The third-order valence-electron chi connectivity index (χ3n) is 3.42. The van der Waals surface area contributed by atoms with Crippen LogP contribution < -0.4 is 5.32 Å². The van der Waals surface area contributed by atoms with Crippen molar-refractivity contribution in [3.8, 4) is 0 Å². The lowest BCUT2D eigenvalue weighted by Crippen LogP contribution is -2.51. The molecule has 0 radical (unpaired) electrons. The molecular weight excluding hydrogens is 258 g/mol. The first kappa shape index (κ1) is 14.3. The predicted molar refractivity (Wildman–Crippen MR) is 80.9 cm³/mol. The molecule has 0 saturated carbocycles. The summed E-state index contributed by atoms with van der Waals surface area (Å²) < 4.78 is 5.27. The third kappa shape index (κ3) is 3.94. The lowest BCUT2D eigenvalue weighted by Gasteiger charge is -2.39. The zero-order chi connectivity index (χ0) is 13.7. The van der Waals surface area contributed by atoms with Crippen molar-refractivity contribution in [2.45, 2.75) is 13.3 Å². The van der Waals surface area contributed by atoms with Crippen LogP contribution in [-0.2, 0) is 11.2 Å². The van der Waals surface area contributed by atoms with E-state index in [0.29, 0.717) is 0 Å². The summed E-state index contributed by atoms with van der Waals surface area (Å²) in [5.41, 5.74) is 0.268. The molecule has 19 heavy (non-hydrogen) atoms. The standard InChI is InChI=1S/C14H23N3OS/c1-14(10-18-11-14)9-16-13(15-2)17(3)7-6-12-5-4-8-19-12/h4-5,8H,6-7,9-11H2,1-3H3,(H,15,16). The van der Waals surface area contributed by atoms with Crippen LogP contribution in [-0.4, -0.2) is 51.3 Å². The number of hydrogen-bond donors (Lipinski definition) is 1. The molecule has 0 aromatic carbocycles. The van der Waals surface area contributed by atoms with E-state index in [9.17, 15) is 0 Å². The molecule has 1 aliphatic heterocycles. The Morgan fingerprint density at radius 1 is 1.58 bits per heavy atom. The van der Waals surface area contributed by atoms with Crippen molar-refractivity contribution in [1.82, 2.24) is 10.2 Å². The number of likely N-dealkylation sites (N-methyl/N-ethyl adjacent to an activating group) is 1. The molecule has 0 amide bonds. The Kier molecular flexibility index (Phi) is 4.82. The van der Waals surface area contributed by atoms with Crippen molar-refractivity contribution in [3.63, 3.8) is 0 Å². The van der Waals surface area contributed by atoms with Gasteiger partial charge in [-0.3, -0.25) is 4.99 Å². The van der Waals surface area contributed by atoms with E-state index < -0.39 is 0 Å². The number of guanidine groups is 1. The molecule has 1 aromatic rings. The fourth-order valence-corrected chi connectivity index (χ4v) is 2.77. The molecule has 0 aliphatic carbocycles. The first-order chi connectivity index (χ1) is 9.13. The van der Waals surface area contributed by atoms with Crippen LogP contribution in [0.25, 0.3) is 0 Å². The molecule has 1 aliphatic rings. The Balaban J connectivity index is 1.76. The van der Waals surface area contributed by atoms with Crippen LogP contribution in [0.4, 0.5) is 0 Å². The number of ether oxygens (including phenoxy) is 1. The van der Waals surface area contributed by atoms with Gasteiger partial charge in [0, 0.05) is 37.5 Å². The Morgan fingerprint density at radius 2 is 2.37 bits per heavy atom. The van der Waals surface area contributed by atoms with Crippen molar-refractivity contribution in [1.29, 1.82) is 0 Å². The van der Waals surface area contributed by atoms with E-state index >= 15 is 0 Å². The SMILES string of the molecule is CN=C(NCC1(C)COC1)N(C)CCc1cccs1. The number of nitrogens with zero attached hydrogens (tertiary/aromatic N) is 2. The highest BCUT2D eigenvalue weighted by atomic mass is 32.1. The van der Waals surface area contributed by atoms with Gasteiger partial charge in [0.1, 0.15) is 0 Å². The van der Waals surface area contributed by atoms with E-state index in [1.54, 1.807) is 0 Å². The zero-order valence-electron chi connectivity index (χ0n) is 12.0. The summed E-state index contributed by atoms with van der Waals surface area (Å²) >= 11 is 1.81. The molecule has 106 valence electrons. The molecule has 0 bridgehead atoms. The van der Waals surface area contributed by atoms with Gasteiger partial charge >= 0.3 is 0 Å². The number of hydrogen-bond acceptors (Lipinski definition) is 3. The lowest BCUT2D eigenvalue weighted by atomic mass is 9.89. The smallest absolute Gasteiger partial charge is 0.193 e. The summed E-state index contributed by atoms with van der Waals surface area (Å²) in [6.07, 6.45) is 1.06. The minimum absolute atomic E-state index is 0.268. The Hall–Kier alpha value is -1.07. The third-order valence-corrected chi connectivity index (χ3v) is 4.36. The normalized spacial score (nSPS) is 17.9. The van der Waals surface area contributed by atoms with E-state index in [-0.39, 0.29) is 5.41 Å². The fraction of sp³-hybridized carbons (Fsp3) is 0.643. The molecular formula is C14H23N3OS.